The van der Waals surface area contributed by atoms with Gasteiger partial charge in [0.05, 0.1) is 25.7 Å². The van der Waals surface area contributed by atoms with E-state index in [-0.39, 0.29) is 5.41 Å². The standard InChI is InChI=1S/C14H20ClNO2/c1-10(2)16-7-14(8-18-9-14)12-5-4-11(17-3)6-13(12)15/h4-6,10,16H,7-9H2,1-3H3. The van der Waals surface area contributed by atoms with Crippen LogP contribution in [0.5, 0.6) is 5.75 Å². The number of hydrogen-bond donors (Lipinski definition) is 1. The molecule has 1 aromatic rings. The Morgan fingerprint density at radius 2 is 2.17 bits per heavy atom. The minimum atomic E-state index is 0.00756. The SMILES string of the molecule is COc1ccc(C2(CNC(C)C)COC2)c(Cl)c1. The highest BCUT2D eigenvalue weighted by atomic mass is 35.5. The first-order valence-electron chi connectivity index (χ1n) is 6.22. The van der Waals surface area contributed by atoms with E-state index in [1.54, 1.807) is 7.11 Å². The number of hydrogen-bond acceptors (Lipinski definition) is 3. The van der Waals surface area contributed by atoms with Crippen LogP contribution in [0.4, 0.5) is 0 Å². The highest BCUT2D eigenvalue weighted by molar-refractivity contribution is 6.31. The Kier molecular flexibility index (Phi) is 4.15. The molecule has 2 rings (SSSR count). The minimum Gasteiger partial charge on any atom is -0.497 e. The van der Waals surface area contributed by atoms with Gasteiger partial charge in [-0.25, -0.2) is 0 Å². The van der Waals surface area contributed by atoms with Gasteiger partial charge in [0, 0.05) is 17.6 Å². The molecule has 0 radical (unpaired) electrons. The van der Waals surface area contributed by atoms with Crippen LogP contribution in [0.25, 0.3) is 0 Å². The van der Waals surface area contributed by atoms with Crippen molar-refractivity contribution in [3.8, 4) is 5.75 Å². The Hall–Kier alpha value is -0.770. The molecule has 1 aromatic carbocycles. The molecule has 0 atom stereocenters. The Balaban J connectivity index is 2.21. The fourth-order valence-electron chi connectivity index (χ4n) is 2.15. The molecule has 1 aliphatic heterocycles. The molecule has 1 saturated heterocycles. The maximum absolute atomic E-state index is 6.36. The molecule has 4 heteroatoms. The lowest BCUT2D eigenvalue weighted by atomic mass is 9.78. The van der Waals surface area contributed by atoms with Gasteiger partial charge in [-0.1, -0.05) is 31.5 Å². The molecule has 0 bridgehead atoms. The summed E-state index contributed by atoms with van der Waals surface area (Å²) in [6.07, 6.45) is 0. The quantitative estimate of drug-likeness (QED) is 0.891. The third-order valence-corrected chi connectivity index (χ3v) is 3.67. The molecular formula is C14H20ClNO2. The predicted molar refractivity (Wildman–Crippen MR) is 73.6 cm³/mol. The molecule has 0 aliphatic carbocycles. The number of rotatable bonds is 5. The average Bonchev–Trinajstić information content (AvgIpc) is 2.29. The zero-order valence-electron chi connectivity index (χ0n) is 11.1. The van der Waals surface area contributed by atoms with Gasteiger partial charge in [0.25, 0.3) is 0 Å². The van der Waals surface area contributed by atoms with Crippen molar-refractivity contribution in [2.24, 2.45) is 0 Å². The number of methoxy groups -OCH3 is 1. The van der Waals surface area contributed by atoms with E-state index in [0.717, 1.165) is 36.1 Å². The molecule has 1 aliphatic rings. The van der Waals surface area contributed by atoms with Crippen molar-refractivity contribution in [3.63, 3.8) is 0 Å². The number of ether oxygens (including phenoxy) is 2. The first kappa shape index (κ1) is 13.7. The van der Waals surface area contributed by atoms with E-state index in [9.17, 15) is 0 Å². The minimum absolute atomic E-state index is 0.00756. The van der Waals surface area contributed by atoms with E-state index in [4.69, 9.17) is 21.1 Å². The lowest BCUT2D eigenvalue weighted by Crippen LogP contribution is -2.54. The van der Waals surface area contributed by atoms with Crippen molar-refractivity contribution < 1.29 is 9.47 Å². The first-order chi connectivity index (χ1) is 8.57. The van der Waals surface area contributed by atoms with Crippen LogP contribution in [-0.4, -0.2) is 32.9 Å². The summed E-state index contributed by atoms with van der Waals surface area (Å²) >= 11 is 6.36. The van der Waals surface area contributed by atoms with E-state index in [0.29, 0.717) is 6.04 Å². The van der Waals surface area contributed by atoms with Crippen LogP contribution in [-0.2, 0) is 10.2 Å². The van der Waals surface area contributed by atoms with Gasteiger partial charge in [0.1, 0.15) is 5.75 Å². The van der Waals surface area contributed by atoms with Crippen LogP contribution in [0, 0.1) is 0 Å². The molecule has 0 aromatic heterocycles. The third-order valence-electron chi connectivity index (χ3n) is 3.35. The molecule has 18 heavy (non-hydrogen) atoms. The van der Waals surface area contributed by atoms with Gasteiger partial charge in [-0.05, 0) is 17.7 Å². The number of halogens is 1. The molecule has 100 valence electrons. The van der Waals surface area contributed by atoms with Crippen molar-refractivity contribution in [3.05, 3.63) is 28.8 Å². The summed E-state index contributed by atoms with van der Waals surface area (Å²) in [4.78, 5) is 0. The summed E-state index contributed by atoms with van der Waals surface area (Å²) in [5.41, 5.74) is 1.15. The highest BCUT2D eigenvalue weighted by Gasteiger charge is 2.41. The maximum Gasteiger partial charge on any atom is 0.120 e. The van der Waals surface area contributed by atoms with Gasteiger partial charge in [0.15, 0.2) is 0 Å². The van der Waals surface area contributed by atoms with Gasteiger partial charge in [-0.15, -0.1) is 0 Å². The second-order valence-electron chi connectivity index (χ2n) is 5.15. The zero-order chi connectivity index (χ0) is 13.2. The molecule has 0 amide bonds. The van der Waals surface area contributed by atoms with E-state index < -0.39 is 0 Å². The molecule has 0 unspecified atom stereocenters. The van der Waals surface area contributed by atoms with Crippen LogP contribution in [0.1, 0.15) is 19.4 Å². The molecular weight excluding hydrogens is 250 g/mol. The normalized spacial score (nSPS) is 17.6. The van der Waals surface area contributed by atoms with Crippen molar-refractivity contribution in [2.75, 3.05) is 26.9 Å². The predicted octanol–water partition coefficient (Wildman–Crippen LogP) is 2.61. The van der Waals surface area contributed by atoms with E-state index in [1.807, 2.05) is 18.2 Å². The first-order valence-corrected chi connectivity index (χ1v) is 6.60. The van der Waals surface area contributed by atoms with E-state index in [1.165, 1.54) is 0 Å². The fourth-order valence-corrected chi connectivity index (χ4v) is 2.52. The van der Waals surface area contributed by atoms with E-state index in [2.05, 4.69) is 19.2 Å². The summed E-state index contributed by atoms with van der Waals surface area (Å²) in [5.74, 6) is 0.788. The zero-order valence-corrected chi connectivity index (χ0v) is 11.9. The van der Waals surface area contributed by atoms with Crippen LogP contribution >= 0.6 is 11.6 Å². The fraction of sp³-hybridized carbons (Fsp3) is 0.571. The summed E-state index contributed by atoms with van der Waals surface area (Å²) in [7, 11) is 1.65. The van der Waals surface area contributed by atoms with Gasteiger partial charge in [-0.3, -0.25) is 0 Å². The van der Waals surface area contributed by atoms with Gasteiger partial charge in [0.2, 0.25) is 0 Å². The topological polar surface area (TPSA) is 30.5 Å². The number of nitrogens with one attached hydrogen (secondary N) is 1. The molecule has 0 saturated carbocycles. The lowest BCUT2D eigenvalue weighted by Gasteiger charge is -2.43. The Morgan fingerprint density at radius 1 is 1.44 bits per heavy atom. The molecule has 3 nitrogen and oxygen atoms in total. The number of benzene rings is 1. The van der Waals surface area contributed by atoms with Crippen LogP contribution in [0.2, 0.25) is 5.02 Å². The summed E-state index contributed by atoms with van der Waals surface area (Å²) in [6.45, 7) is 6.61. The molecule has 1 heterocycles. The molecule has 0 spiro atoms. The lowest BCUT2D eigenvalue weighted by molar-refractivity contribution is -0.0596. The molecule has 1 N–H and O–H groups in total. The third kappa shape index (κ3) is 2.63. The maximum atomic E-state index is 6.36. The summed E-state index contributed by atoms with van der Waals surface area (Å²) < 4.78 is 10.6. The van der Waals surface area contributed by atoms with Crippen LogP contribution < -0.4 is 10.1 Å². The molecule has 1 fully saturated rings. The van der Waals surface area contributed by atoms with Crippen LogP contribution in [0.15, 0.2) is 18.2 Å². The van der Waals surface area contributed by atoms with Crippen molar-refractivity contribution in [2.45, 2.75) is 25.3 Å². The van der Waals surface area contributed by atoms with E-state index >= 15 is 0 Å². The van der Waals surface area contributed by atoms with Crippen molar-refractivity contribution in [1.82, 2.24) is 5.32 Å². The Morgan fingerprint density at radius 3 is 2.61 bits per heavy atom. The second-order valence-corrected chi connectivity index (χ2v) is 5.56. The largest absolute Gasteiger partial charge is 0.497 e. The van der Waals surface area contributed by atoms with Crippen molar-refractivity contribution >= 4 is 11.6 Å². The van der Waals surface area contributed by atoms with Gasteiger partial charge in [-0.2, -0.15) is 0 Å². The second kappa shape index (κ2) is 5.47. The van der Waals surface area contributed by atoms with Crippen molar-refractivity contribution in [1.29, 1.82) is 0 Å². The Bertz CT molecular complexity index is 416. The smallest absolute Gasteiger partial charge is 0.120 e. The Labute approximate surface area is 113 Å². The summed E-state index contributed by atoms with van der Waals surface area (Å²) in [5, 5.41) is 4.23. The van der Waals surface area contributed by atoms with Gasteiger partial charge < -0.3 is 14.8 Å². The highest BCUT2D eigenvalue weighted by Crippen LogP contribution is 2.37. The van der Waals surface area contributed by atoms with Crippen LogP contribution in [0.3, 0.4) is 0 Å². The van der Waals surface area contributed by atoms with Gasteiger partial charge >= 0.3 is 0 Å². The summed E-state index contributed by atoms with van der Waals surface area (Å²) in [6, 6.07) is 6.33. The monoisotopic (exact) mass is 269 g/mol. The average molecular weight is 270 g/mol.